The molecule has 25 heavy (non-hydrogen) atoms. The molecule has 0 spiro atoms. The highest BCUT2D eigenvalue weighted by Crippen LogP contribution is 2.38. The summed E-state index contributed by atoms with van der Waals surface area (Å²) >= 11 is 0. The van der Waals surface area contributed by atoms with Gasteiger partial charge in [0.1, 0.15) is 29.6 Å². The molecule has 1 amide bonds. The topological polar surface area (TPSA) is 46.9 Å². The van der Waals surface area contributed by atoms with Crippen LogP contribution in [0.25, 0.3) is 5.69 Å². The molecule has 2 heterocycles. The summed E-state index contributed by atoms with van der Waals surface area (Å²) in [4.78, 5) is 16.4. The van der Waals surface area contributed by atoms with Crippen molar-refractivity contribution in [3.05, 3.63) is 77.5 Å². The summed E-state index contributed by atoms with van der Waals surface area (Å²) in [5.41, 5.74) is 1.12. The summed E-state index contributed by atoms with van der Waals surface area (Å²) in [6.45, 7) is 0. The number of aromatic nitrogens is 2. The Kier molecular flexibility index (Phi) is 3.56. The fourth-order valence-electron chi connectivity index (χ4n) is 3.04. The maximum atomic E-state index is 14.2. The van der Waals surface area contributed by atoms with Crippen LogP contribution in [0.4, 0.5) is 19.0 Å². The predicted molar refractivity (Wildman–Crippen MR) is 85.0 cm³/mol. The van der Waals surface area contributed by atoms with Gasteiger partial charge in [-0.3, -0.25) is 9.36 Å². The molecule has 0 saturated carbocycles. The smallest absolute Gasteiger partial charge is 0.226 e. The summed E-state index contributed by atoms with van der Waals surface area (Å²) in [6, 6.07) is 8.80. The molecule has 0 saturated heterocycles. The van der Waals surface area contributed by atoms with Crippen molar-refractivity contribution in [1.29, 1.82) is 0 Å². The van der Waals surface area contributed by atoms with E-state index in [1.165, 1.54) is 30.6 Å². The van der Waals surface area contributed by atoms with Crippen LogP contribution in [-0.4, -0.2) is 15.5 Å². The summed E-state index contributed by atoms with van der Waals surface area (Å²) in [6.07, 6.45) is 1.43. The molecule has 0 aliphatic carbocycles. The molecule has 4 nitrogen and oxygen atoms in total. The molecule has 1 aliphatic rings. The van der Waals surface area contributed by atoms with E-state index in [1.54, 1.807) is 4.57 Å². The second-order valence-electron chi connectivity index (χ2n) is 5.80. The third kappa shape index (κ3) is 2.67. The largest absolute Gasteiger partial charge is 0.310 e. The molecule has 4 rings (SSSR count). The number of benzene rings is 2. The van der Waals surface area contributed by atoms with Gasteiger partial charge >= 0.3 is 0 Å². The molecule has 0 bridgehead atoms. The number of carbonyl (C=O) groups is 1. The number of nitrogens with zero attached hydrogens (tertiary/aromatic N) is 2. The predicted octanol–water partition coefficient (Wildman–Crippen LogP) is 3.76. The quantitative estimate of drug-likeness (QED) is 0.770. The lowest BCUT2D eigenvalue weighted by atomic mass is 9.89. The van der Waals surface area contributed by atoms with Crippen LogP contribution in [0.1, 0.15) is 23.6 Å². The Morgan fingerprint density at radius 2 is 1.76 bits per heavy atom. The first kappa shape index (κ1) is 15.4. The van der Waals surface area contributed by atoms with Crippen LogP contribution in [0, 0.1) is 17.5 Å². The lowest BCUT2D eigenvalue weighted by Gasteiger charge is -2.23. The fourth-order valence-corrected chi connectivity index (χ4v) is 3.04. The van der Waals surface area contributed by atoms with Crippen LogP contribution < -0.4 is 5.32 Å². The van der Waals surface area contributed by atoms with Crippen LogP contribution in [0.5, 0.6) is 0 Å². The Bertz CT molecular complexity index is 966. The molecule has 1 atom stereocenters. The van der Waals surface area contributed by atoms with Crippen molar-refractivity contribution in [2.45, 2.75) is 12.3 Å². The summed E-state index contributed by atoms with van der Waals surface area (Å²) < 4.78 is 42.4. The first-order valence-electron chi connectivity index (χ1n) is 7.61. The van der Waals surface area contributed by atoms with E-state index in [-0.39, 0.29) is 23.7 Å². The van der Waals surface area contributed by atoms with Gasteiger partial charge in [0, 0.05) is 23.6 Å². The number of amides is 1. The summed E-state index contributed by atoms with van der Waals surface area (Å²) in [5.74, 6) is -2.21. The van der Waals surface area contributed by atoms with Crippen molar-refractivity contribution in [3.63, 3.8) is 0 Å². The zero-order valence-corrected chi connectivity index (χ0v) is 12.8. The van der Waals surface area contributed by atoms with Gasteiger partial charge in [-0.1, -0.05) is 0 Å². The van der Waals surface area contributed by atoms with E-state index in [0.717, 1.165) is 18.2 Å². The highest BCUT2D eigenvalue weighted by Gasteiger charge is 2.32. The number of fused-ring (bicyclic) bond motifs is 1. The van der Waals surface area contributed by atoms with Gasteiger partial charge in [-0.15, -0.1) is 0 Å². The van der Waals surface area contributed by atoms with Gasteiger partial charge in [-0.05, 0) is 42.5 Å². The highest BCUT2D eigenvalue weighted by atomic mass is 19.1. The minimum atomic E-state index is -0.693. The van der Waals surface area contributed by atoms with E-state index in [1.807, 2.05) is 0 Å². The average molecular weight is 343 g/mol. The molecule has 1 aromatic heterocycles. The lowest BCUT2D eigenvalue weighted by molar-refractivity contribution is -0.116. The van der Waals surface area contributed by atoms with Gasteiger partial charge < -0.3 is 5.32 Å². The maximum Gasteiger partial charge on any atom is 0.226 e. The molecule has 1 aliphatic heterocycles. The van der Waals surface area contributed by atoms with E-state index in [4.69, 9.17) is 0 Å². The van der Waals surface area contributed by atoms with Crippen LogP contribution in [0.2, 0.25) is 0 Å². The van der Waals surface area contributed by atoms with Crippen LogP contribution in [-0.2, 0) is 4.79 Å². The minimum Gasteiger partial charge on any atom is -0.310 e. The van der Waals surface area contributed by atoms with Gasteiger partial charge in [0.15, 0.2) is 0 Å². The lowest BCUT2D eigenvalue weighted by Crippen LogP contribution is -2.25. The zero-order valence-electron chi connectivity index (χ0n) is 12.8. The fraction of sp³-hybridized carbons (Fsp3) is 0.111. The molecule has 0 fully saturated rings. The van der Waals surface area contributed by atoms with Crippen LogP contribution in [0.15, 0.2) is 48.8 Å². The Hall–Kier alpha value is -3.09. The molecule has 0 unspecified atom stereocenters. The van der Waals surface area contributed by atoms with Gasteiger partial charge in [0.2, 0.25) is 5.91 Å². The van der Waals surface area contributed by atoms with Crippen molar-refractivity contribution in [1.82, 2.24) is 9.55 Å². The number of hydrogen-bond acceptors (Lipinski definition) is 2. The van der Waals surface area contributed by atoms with Crippen molar-refractivity contribution in [2.24, 2.45) is 0 Å². The van der Waals surface area contributed by atoms with Gasteiger partial charge in [0.05, 0.1) is 5.69 Å². The SMILES string of the molecule is O=C1C[C@H](c2cc(F)ccc2F)c2ncn(-c3ccc(F)cc3)c2N1. The number of halogens is 3. The molecular formula is C18H12F3N3O. The zero-order chi connectivity index (χ0) is 17.6. The van der Waals surface area contributed by atoms with E-state index in [2.05, 4.69) is 10.3 Å². The first-order valence-corrected chi connectivity index (χ1v) is 7.61. The Morgan fingerprint density at radius 3 is 2.52 bits per heavy atom. The van der Waals surface area contributed by atoms with Gasteiger partial charge in [-0.25, -0.2) is 18.2 Å². The number of rotatable bonds is 2. The van der Waals surface area contributed by atoms with Crippen molar-refractivity contribution >= 4 is 11.7 Å². The number of nitrogens with one attached hydrogen (secondary N) is 1. The molecule has 3 aromatic rings. The first-order chi connectivity index (χ1) is 12.0. The van der Waals surface area contributed by atoms with Crippen molar-refractivity contribution in [2.75, 3.05) is 5.32 Å². The van der Waals surface area contributed by atoms with Crippen molar-refractivity contribution in [3.8, 4) is 5.69 Å². The van der Waals surface area contributed by atoms with Gasteiger partial charge in [0.25, 0.3) is 0 Å². The van der Waals surface area contributed by atoms with E-state index < -0.39 is 17.6 Å². The van der Waals surface area contributed by atoms with E-state index in [9.17, 15) is 18.0 Å². The third-order valence-corrected chi connectivity index (χ3v) is 4.21. The third-order valence-electron chi connectivity index (χ3n) is 4.21. The monoisotopic (exact) mass is 343 g/mol. The Balaban J connectivity index is 1.84. The normalized spacial score (nSPS) is 16.4. The van der Waals surface area contributed by atoms with Crippen LogP contribution >= 0.6 is 0 Å². The highest BCUT2D eigenvalue weighted by molar-refractivity contribution is 5.94. The molecule has 0 radical (unpaired) electrons. The number of anilines is 1. The molecular weight excluding hydrogens is 331 g/mol. The van der Waals surface area contributed by atoms with Crippen molar-refractivity contribution < 1.29 is 18.0 Å². The van der Waals surface area contributed by atoms with Gasteiger partial charge in [-0.2, -0.15) is 0 Å². The Morgan fingerprint density at radius 1 is 1.04 bits per heavy atom. The second-order valence-corrected chi connectivity index (χ2v) is 5.80. The Labute approximate surface area is 140 Å². The summed E-state index contributed by atoms with van der Waals surface area (Å²) in [7, 11) is 0. The van der Waals surface area contributed by atoms with E-state index in [0.29, 0.717) is 17.2 Å². The van der Waals surface area contributed by atoms with Crippen LogP contribution in [0.3, 0.4) is 0 Å². The number of imidazole rings is 1. The summed E-state index contributed by atoms with van der Waals surface area (Å²) in [5, 5.41) is 2.71. The maximum absolute atomic E-state index is 14.2. The molecule has 2 aromatic carbocycles. The molecule has 126 valence electrons. The minimum absolute atomic E-state index is 0.0339. The average Bonchev–Trinajstić information content (AvgIpc) is 3.01. The second kappa shape index (κ2) is 5.77. The molecule has 1 N–H and O–H groups in total. The molecule has 7 heteroatoms. The number of carbonyl (C=O) groups excluding carboxylic acids is 1. The van der Waals surface area contributed by atoms with E-state index >= 15 is 0 Å². The number of hydrogen-bond donors (Lipinski definition) is 1. The standard InChI is InChI=1S/C18H12F3N3O/c19-10-1-4-12(5-2-10)24-9-22-17-14(8-16(25)23-18(17)24)13-7-11(20)3-6-15(13)21/h1-7,9,14H,8H2,(H,23,25)/t14-/m1/s1.